The van der Waals surface area contributed by atoms with Gasteiger partial charge in [-0.25, -0.2) is 0 Å². The van der Waals surface area contributed by atoms with Gasteiger partial charge >= 0.3 is 0 Å². The topological polar surface area (TPSA) is 61.8 Å². The van der Waals surface area contributed by atoms with E-state index in [1.54, 1.807) is 0 Å². The fourth-order valence-electron chi connectivity index (χ4n) is 2.85. The zero-order valence-electron chi connectivity index (χ0n) is 11.8. The molecule has 0 saturated carbocycles. The number of nitrogens with zero attached hydrogens (tertiary/aromatic N) is 1. The first-order valence-electron chi connectivity index (χ1n) is 6.90. The molecule has 20 heavy (non-hydrogen) atoms. The number of rotatable bonds is 2. The van der Waals surface area contributed by atoms with E-state index in [9.17, 15) is 9.90 Å². The Morgan fingerprint density at radius 2 is 2.30 bits per heavy atom. The van der Waals surface area contributed by atoms with Crippen LogP contribution in [-0.2, 0) is 11.3 Å². The number of carbonyl (C=O) groups is 1. The van der Waals surface area contributed by atoms with Gasteiger partial charge < -0.3 is 15.2 Å². The predicted molar refractivity (Wildman–Crippen MR) is 75.6 cm³/mol. The number of aliphatic hydroxyl groups is 1. The van der Waals surface area contributed by atoms with Gasteiger partial charge in [0.15, 0.2) is 6.61 Å². The lowest BCUT2D eigenvalue weighted by molar-refractivity contribution is -0.118. The molecular formula is C15H20N2O3. The van der Waals surface area contributed by atoms with Crippen LogP contribution in [0.1, 0.15) is 19.4 Å². The Kier molecular flexibility index (Phi) is 3.18. The van der Waals surface area contributed by atoms with Crippen molar-refractivity contribution in [1.82, 2.24) is 4.90 Å². The van der Waals surface area contributed by atoms with Gasteiger partial charge in [0.25, 0.3) is 5.91 Å². The lowest BCUT2D eigenvalue weighted by Crippen LogP contribution is -2.26. The van der Waals surface area contributed by atoms with Crippen molar-refractivity contribution in [1.29, 1.82) is 0 Å². The number of ether oxygens (including phenoxy) is 1. The van der Waals surface area contributed by atoms with Crippen molar-refractivity contribution in [3.63, 3.8) is 0 Å². The molecule has 1 unspecified atom stereocenters. The average molecular weight is 276 g/mol. The molecule has 0 bridgehead atoms. The van der Waals surface area contributed by atoms with Crippen LogP contribution in [0.5, 0.6) is 5.75 Å². The Labute approximate surface area is 118 Å². The standard InChI is InChI=1S/C15H20N2O3/c1-15(2)9-17(7-13(15)18)6-10-3-4-12-11(5-10)16-14(19)8-20-12/h3-5,13,18H,6-9H2,1-2H3,(H,16,19). The van der Waals surface area contributed by atoms with E-state index in [2.05, 4.69) is 24.1 Å². The lowest BCUT2D eigenvalue weighted by atomic mass is 9.90. The van der Waals surface area contributed by atoms with Crippen LogP contribution >= 0.6 is 0 Å². The molecule has 3 rings (SSSR count). The molecule has 2 aliphatic heterocycles. The summed E-state index contributed by atoms with van der Waals surface area (Å²) in [5, 5.41) is 12.8. The number of carbonyl (C=O) groups excluding carboxylic acids is 1. The van der Waals surface area contributed by atoms with E-state index in [1.165, 1.54) is 0 Å². The highest BCUT2D eigenvalue weighted by Gasteiger charge is 2.37. The first-order valence-corrected chi connectivity index (χ1v) is 6.90. The Bertz CT molecular complexity index is 542. The molecule has 1 saturated heterocycles. The number of aliphatic hydroxyl groups excluding tert-OH is 1. The molecule has 2 heterocycles. The van der Waals surface area contributed by atoms with Gasteiger partial charge in [-0.1, -0.05) is 19.9 Å². The van der Waals surface area contributed by atoms with Crippen molar-refractivity contribution in [2.24, 2.45) is 5.41 Å². The van der Waals surface area contributed by atoms with Gasteiger partial charge in [0.05, 0.1) is 11.8 Å². The fraction of sp³-hybridized carbons (Fsp3) is 0.533. The minimum absolute atomic E-state index is 0.0640. The zero-order valence-corrected chi connectivity index (χ0v) is 11.8. The Morgan fingerprint density at radius 3 is 3.00 bits per heavy atom. The summed E-state index contributed by atoms with van der Waals surface area (Å²) in [6.07, 6.45) is -0.289. The lowest BCUT2D eigenvalue weighted by Gasteiger charge is -2.22. The number of likely N-dealkylation sites (tertiary alicyclic amines) is 1. The number of β-amino-alcohol motifs (C(OH)–C–C–N with tert-alkyl or cyclic N) is 1. The molecule has 1 amide bonds. The molecule has 1 aromatic carbocycles. The summed E-state index contributed by atoms with van der Waals surface area (Å²) in [4.78, 5) is 13.6. The number of nitrogens with one attached hydrogen (secondary N) is 1. The van der Waals surface area contributed by atoms with Crippen LogP contribution in [0.15, 0.2) is 18.2 Å². The smallest absolute Gasteiger partial charge is 0.262 e. The molecule has 0 radical (unpaired) electrons. The summed E-state index contributed by atoms with van der Waals surface area (Å²) in [5.41, 5.74) is 1.78. The van der Waals surface area contributed by atoms with Crippen LogP contribution in [0, 0.1) is 5.41 Å². The number of hydrogen-bond acceptors (Lipinski definition) is 4. The minimum Gasteiger partial charge on any atom is -0.482 e. The fourth-order valence-corrected chi connectivity index (χ4v) is 2.85. The van der Waals surface area contributed by atoms with E-state index in [0.29, 0.717) is 6.54 Å². The highest BCUT2D eigenvalue weighted by atomic mass is 16.5. The maximum Gasteiger partial charge on any atom is 0.262 e. The minimum atomic E-state index is -0.289. The second kappa shape index (κ2) is 4.75. The molecule has 5 nitrogen and oxygen atoms in total. The predicted octanol–water partition coefficient (Wildman–Crippen LogP) is 1.22. The van der Waals surface area contributed by atoms with Gasteiger partial charge in [-0.3, -0.25) is 9.69 Å². The molecule has 1 aromatic rings. The van der Waals surface area contributed by atoms with Crippen molar-refractivity contribution >= 4 is 11.6 Å². The molecule has 0 aromatic heterocycles. The molecular weight excluding hydrogens is 256 g/mol. The first kappa shape index (κ1) is 13.4. The van der Waals surface area contributed by atoms with Gasteiger partial charge in [-0.05, 0) is 17.7 Å². The van der Waals surface area contributed by atoms with Gasteiger partial charge in [0, 0.05) is 25.0 Å². The molecule has 2 aliphatic rings. The van der Waals surface area contributed by atoms with Crippen molar-refractivity contribution in [2.45, 2.75) is 26.5 Å². The second-order valence-electron chi connectivity index (χ2n) is 6.34. The van der Waals surface area contributed by atoms with Crippen LogP contribution in [-0.4, -0.2) is 41.7 Å². The summed E-state index contributed by atoms with van der Waals surface area (Å²) in [5.74, 6) is 0.600. The van der Waals surface area contributed by atoms with Crippen LogP contribution in [0.3, 0.4) is 0 Å². The van der Waals surface area contributed by atoms with Crippen LogP contribution < -0.4 is 10.1 Å². The maximum atomic E-state index is 11.3. The Hall–Kier alpha value is -1.59. The maximum absolute atomic E-state index is 11.3. The molecule has 1 fully saturated rings. The summed E-state index contributed by atoms with van der Waals surface area (Å²) in [7, 11) is 0. The number of hydrogen-bond donors (Lipinski definition) is 2. The van der Waals surface area contributed by atoms with E-state index in [-0.39, 0.29) is 24.0 Å². The van der Waals surface area contributed by atoms with Gasteiger partial charge in [-0.15, -0.1) is 0 Å². The highest BCUT2D eigenvalue weighted by molar-refractivity contribution is 5.95. The van der Waals surface area contributed by atoms with Gasteiger partial charge in [0.2, 0.25) is 0 Å². The summed E-state index contributed by atoms with van der Waals surface area (Å²) < 4.78 is 5.35. The van der Waals surface area contributed by atoms with Crippen molar-refractivity contribution in [3.05, 3.63) is 23.8 Å². The Morgan fingerprint density at radius 1 is 1.50 bits per heavy atom. The molecule has 0 aliphatic carbocycles. The zero-order chi connectivity index (χ0) is 14.3. The van der Waals surface area contributed by atoms with Crippen LogP contribution in [0.2, 0.25) is 0 Å². The average Bonchev–Trinajstić information content (AvgIpc) is 2.62. The first-order chi connectivity index (χ1) is 9.44. The Balaban J connectivity index is 1.73. The third kappa shape index (κ3) is 2.51. The largest absolute Gasteiger partial charge is 0.482 e. The van der Waals surface area contributed by atoms with E-state index < -0.39 is 0 Å². The molecule has 1 atom stereocenters. The normalized spacial score (nSPS) is 24.9. The van der Waals surface area contributed by atoms with Gasteiger partial charge in [0.1, 0.15) is 5.75 Å². The van der Waals surface area contributed by atoms with Crippen molar-refractivity contribution < 1.29 is 14.6 Å². The van der Waals surface area contributed by atoms with Crippen molar-refractivity contribution in [2.75, 3.05) is 25.0 Å². The van der Waals surface area contributed by atoms with Crippen LogP contribution in [0.25, 0.3) is 0 Å². The van der Waals surface area contributed by atoms with Gasteiger partial charge in [-0.2, -0.15) is 0 Å². The number of benzene rings is 1. The third-order valence-electron chi connectivity index (χ3n) is 4.05. The molecule has 2 N–H and O–H groups in total. The molecule has 5 heteroatoms. The SMILES string of the molecule is CC1(C)CN(Cc2ccc3c(c2)NC(=O)CO3)CC1O. The van der Waals surface area contributed by atoms with E-state index in [4.69, 9.17) is 4.74 Å². The van der Waals surface area contributed by atoms with E-state index >= 15 is 0 Å². The third-order valence-corrected chi connectivity index (χ3v) is 4.05. The molecule has 0 spiro atoms. The summed E-state index contributed by atoms with van der Waals surface area (Å²) in [6, 6.07) is 5.85. The van der Waals surface area contributed by atoms with Crippen molar-refractivity contribution in [3.8, 4) is 5.75 Å². The van der Waals surface area contributed by atoms with Crippen LogP contribution in [0.4, 0.5) is 5.69 Å². The monoisotopic (exact) mass is 276 g/mol. The summed E-state index contributed by atoms with van der Waals surface area (Å²) >= 11 is 0. The molecule has 108 valence electrons. The summed E-state index contributed by atoms with van der Waals surface area (Å²) in [6.45, 7) is 6.57. The second-order valence-corrected chi connectivity index (χ2v) is 6.34. The quantitative estimate of drug-likeness (QED) is 0.852. The van der Waals surface area contributed by atoms with E-state index in [1.807, 2.05) is 18.2 Å². The van der Waals surface area contributed by atoms with E-state index in [0.717, 1.165) is 30.1 Å². The number of anilines is 1. The number of amides is 1. The highest BCUT2D eigenvalue weighted by Crippen LogP contribution is 2.32. The number of fused-ring (bicyclic) bond motifs is 1.